The average Bonchev–Trinajstić information content (AvgIpc) is 2.94. The van der Waals surface area contributed by atoms with E-state index in [1.165, 1.54) is 5.56 Å². The molecule has 10 heteroatoms. The van der Waals surface area contributed by atoms with Gasteiger partial charge in [0.2, 0.25) is 5.95 Å². The van der Waals surface area contributed by atoms with Crippen molar-refractivity contribution in [1.29, 1.82) is 0 Å². The second-order valence-electron chi connectivity index (χ2n) is 9.60. The molecule has 37 heavy (non-hydrogen) atoms. The van der Waals surface area contributed by atoms with Crippen LogP contribution in [0.1, 0.15) is 47.7 Å². The molecule has 2 fully saturated rings. The Morgan fingerprint density at radius 3 is 2.46 bits per heavy atom. The number of nitrogens with one attached hydrogen (secondary N) is 3. The van der Waals surface area contributed by atoms with Gasteiger partial charge in [-0.05, 0) is 86.7 Å². The van der Waals surface area contributed by atoms with Crippen LogP contribution in [0.4, 0.5) is 23.1 Å². The van der Waals surface area contributed by atoms with Crippen molar-refractivity contribution in [3.63, 3.8) is 0 Å². The fourth-order valence-electron chi connectivity index (χ4n) is 5.03. The van der Waals surface area contributed by atoms with E-state index in [0.29, 0.717) is 24.2 Å². The predicted octanol–water partition coefficient (Wildman–Crippen LogP) is 3.27. The predicted molar refractivity (Wildman–Crippen MR) is 145 cm³/mol. The molecule has 0 radical (unpaired) electrons. The summed E-state index contributed by atoms with van der Waals surface area (Å²) in [6.07, 6.45) is 4.30. The Kier molecular flexibility index (Phi) is 7.65. The van der Waals surface area contributed by atoms with Crippen LogP contribution < -0.4 is 31.3 Å². The molecular formula is C27H34N8O2. The first-order valence-electron chi connectivity index (χ1n) is 12.9. The summed E-state index contributed by atoms with van der Waals surface area (Å²) in [6, 6.07) is 16.4. The average molecular weight is 503 g/mol. The van der Waals surface area contributed by atoms with Gasteiger partial charge in [-0.15, -0.1) is 10.2 Å². The Morgan fingerprint density at radius 2 is 1.76 bits per heavy atom. The van der Waals surface area contributed by atoms with E-state index in [1.54, 1.807) is 7.11 Å². The molecule has 194 valence electrons. The molecule has 10 nitrogen and oxygen atoms in total. The van der Waals surface area contributed by atoms with Gasteiger partial charge >= 0.3 is 0 Å². The van der Waals surface area contributed by atoms with Gasteiger partial charge in [-0.25, -0.2) is 0 Å². The summed E-state index contributed by atoms with van der Waals surface area (Å²) in [5.41, 5.74) is 8.79. The number of primary amides is 1. The summed E-state index contributed by atoms with van der Waals surface area (Å²) in [7, 11) is 1.66. The standard InChI is InChI=1S/C27H34N8O2/c1-37-23-10-8-20(9-11-23)30-22-3-2-16-35(17-22)27-32-26(24(25(28)36)33-34-27)31-21-6-4-18(5-7-21)19-12-14-29-15-13-19/h4-11,19,22,29-30H,2-3,12-17H2,1H3,(H2,28,36)(H,31,32,34). The minimum atomic E-state index is -0.668. The molecule has 2 aliphatic rings. The number of amides is 1. The quantitative estimate of drug-likeness (QED) is 0.367. The van der Waals surface area contributed by atoms with Crippen molar-refractivity contribution in [3.05, 3.63) is 59.8 Å². The monoisotopic (exact) mass is 502 g/mol. The number of anilines is 4. The van der Waals surface area contributed by atoms with Crippen LogP contribution in [0.2, 0.25) is 0 Å². The largest absolute Gasteiger partial charge is 0.497 e. The Hall–Kier alpha value is -3.92. The molecule has 2 aromatic carbocycles. The Balaban J connectivity index is 1.29. The lowest BCUT2D eigenvalue weighted by Crippen LogP contribution is -2.43. The van der Waals surface area contributed by atoms with Crippen LogP contribution in [0.3, 0.4) is 0 Å². The zero-order valence-electron chi connectivity index (χ0n) is 21.1. The van der Waals surface area contributed by atoms with Crippen molar-refractivity contribution >= 4 is 29.0 Å². The number of nitrogens with two attached hydrogens (primary N) is 1. The molecule has 3 heterocycles. The number of benzene rings is 2. The third kappa shape index (κ3) is 6.08. The van der Waals surface area contributed by atoms with Gasteiger partial charge in [0.1, 0.15) is 5.75 Å². The first kappa shape index (κ1) is 24.8. The van der Waals surface area contributed by atoms with Crippen molar-refractivity contribution < 1.29 is 9.53 Å². The van der Waals surface area contributed by atoms with Crippen molar-refractivity contribution in [1.82, 2.24) is 20.5 Å². The Morgan fingerprint density at radius 1 is 1.03 bits per heavy atom. The lowest BCUT2D eigenvalue weighted by atomic mass is 9.90. The van der Waals surface area contributed by atoms with Crippen molar-refractivity contribution in [2.45, 2.75) is 37.6 Å². The molecule has 0 bridgehead atoms. The molecule has 0 spiro atoms. The zero-order valence-corrected chi connectivity index (χ0v) is 21.1. The highest BCUT2D eigenvalue weighted by Crippen LogP contribution is 2.28. The van der Waals surface area contributed by atoms with Gasteiger partial charge < -0.3 is 31.3 Å². The first-order valence-corrected chi connectivity index (χ1v) is 12.9. The van der Waals surface area contributed by atoms with Gasteiger partial charge in [0.05, 0.1) is 7.11 Å². The maximum atomic E-state index is 12.1. The molecular weight excluding hydrogens is 468 g/mol. The van der Waals surface area contributed by atoms with Crippen LogP contribution in [0.5, 0.6) is 5.75 Å². The van der Waals surface area contributed by atoms with Crippen LogP contribution in [-0.2, 0) is 0 Å². The number of nitrogens with zero attached hydrogens (tertiary/aromatic N) is 4. The van der Waals surface area contributed by atoms with Crippen LogP contribution in [0.25, 0.3) is 0 Å². The fraction of sp³-hybridized carbons (Fsp3) is 0.407. The number of piperidine rings is 2. The van der Waals surface area contributed by atoms with Crippen LogP contribution in [0, 0.1) is 0 Å². The zero-order chi connectivity index (χ0) is 25.6. The molecule has 2 aliphatic heterocycles. The second-order valence-corrected chi connectivity index (χ2v) is 9.60. The fourth-order valence-corrected chi connectivity index (χ4v) is 5.03. The number of aromatic nitrogens is 3. The molecule has 2 saturated heterocycles. The second kappa shape index (κ2) is 11.4. The van der Waals surface area contributed by atoms with E-state index in [-0.39, 0.29) is 11.7 Å². The van der Waals surface area contributed by atoms with E-state index >= 15 is 0 Å². The van der Waals surface area contributed by atoms with Gasteiger partial charge in [0.25, 0.3) is 5.91 Å². The summed E-state index contributed by atoms with van der Waals surface area (Å²) in [5, 5.41) is 18.6. The summed E-state index contributed by atoms with van der Waals surface area (Å²) in [4.78, 5) is 18.8. The van der Waals surface area contributed by atoms with Gasteiger partial charge in [0, 0.05) is 30.5 Å². The summed E-state index contributed by atoms with van der Waals surface area (Å²) in [6.45, 7) is 3.63. The summed E-state index contributed by atoms with van der Waals surface area (Å²) in [5.74, 6) is 1.52. The lowest BCUT2D eigenvalue weighted by molar-refractivity contribution is 0.0995. The number of ether oxygens (including phenoxy) is 1. The maximum absolute atomic E-state index is 12.1. The maximum Gasteiger partial charge on any atom is 0.273 e. The van der Waals surface area contributed by atoms with E-state index in [9.17, 15) is 4.79 Å². The molecule has 5 rings (SSSR count). The molecule has 0 aliphatic carbocycles. The summed E-state index contributed by atoms with van der Waals surface area (Å²) < 4.78 is 5.25. The molecule has 1 atom stereocenters. The summed E-state index contributed by atoms with van der Waals surface area (Å²) >= 11 is 0. The number of methoxy groups -OCH3 is 1. The lowest BCUT2D eigenvalue weighted by Gasteiger charge is -2.33. The molecule has 1 amide bonds. The van der Waals surface area contributed by atoms with E-state index in [1.807, 2.05) is 36.4 Å². The number of hydrogen-bond acceptors (Lipinski definition) is 9. The van der Waals surface area contributed by atoms with Crippen molar-refractivity contribution in [3.8, 4) is 5.75 Å². The van der Waals surface area contributed by atoms with Crippen molar-refractivity contribution in [2.24, 2.45) is 5.73 Å². The third-order valence-corrected chi connectivity index (χ3v) is 7.06. The number of carbonyl (C=O) groups is 1. The molecule has 3 aromatic rings. The normalized spacial score (nSPS) is 18.3. The van der Waals surface area contributed by atoms with E-state index < -0.39 is 5.91 Å². The van der Waals surface area contributed by atoms with Gasteiger partial charge in [-0.1, -0.05) is 12.1 Å². The molecule has 1 aromatic heterocycles. The Labute approximate surface area is 217 Å². The van der Waals surface area contributed by atoms with E-state index in [4.69, 9.17) is 10.5 Å². The highest BCUT2D eigenvalue weighted by atomic mass is 16.5. The van der Waals surface area contributed by atoms with Crippen LogP contribution in [-0.4, -0.2) is 60.4 Å². The van der Waals surface area contributed by atoms with Crippen molar-refractivity contribution in [2.75, 3.05) is 48.8 Å². The first-order chi connectivity index (χ1) is 18.1. The SMILES string of the molecule is COc1ccc(NC2CCCN(c3nnc(C(N)=O)c(Nc4ccc(C5CCNCC5)cc4)n3)C2)cc1. The minimum Gasteiger partial charge on any atom is -0.497 e. The smallest absolute Gasteiger partial charge is 0.273 e. The van der Waals surface area contributed by atoms with Gasteiger partial charge in [-0.2, -0.15) is 4.98 Å². The molecule has 5 N–H and O–H groups in total. The van der Waals surface area contributed by atoms with Gasteiger partial charge in [-0.3, -0.25) is 4.79 Å². The third-order valence-electron chi connectivity index (χ3n) is 7.06. The van der Waals surface area contributed by atoms with Crippen LogP contribution >= 0.6 is 0 Å². The number of carbonyl (C=O) groups excluding carboxylic acids is 1. The molecule has 1 unspecified atom stereocenters. The highest BCUT2D eigenvalue weighted by molar-refractivity contribution is 5.96. The van der Waals surface area contributed by atoms with E-state index in [0.717, 1.165) is 62.4 Å². The highest BCUT2D eigenvalue weighted by Gasteiger charge is 2.24. The van der Waals surface area contributed by atoms with Gasteiger partial charge in [0.15, 0.2) is 11.5 Å². The molecule has 0 saturated carbocycles. The van der Waals surface area contributed by atoms with E-state index in [2.05, 4.69) is 48.2 Å². The number of rotatable bonds is 8. The number of hydrogen-bond donors (Lipinski definition) is 4. The van der Waals surface area contributed by atoms with Crippen LogP contribution in [0.15, 0.2) is 48.5 Å². The Bertz CT molecular complexity index is 1200. The minimum absolute atomic E-state index is 0.0242. The topological polar surface area (TPSA) is 130 Å².